The first-order chi connectivity index (χ1) is 8.83. The van der Waals surface area contributed by atoms with Gasteiger partial charge in [0, 0.05) is 16.8 Å². The zero-order chi connectivity index (χ0) is 14.1. The van der Waals surface area contributed by atoms with E-state index in [4.69, 9.17) is 0 Å². The second-order valence-electron chi connectivity index (χ2n) is 5.04. The summed E-state index contributed by atoms with van der Waals surface area (Å²) >= 11 is 1.63. The molecule has 0 unspecified atom stereocenters. The van der Waals surface area contributed by atoms with Crippen molar-refractivity contribution in [3.05, 3.63) is 34.3 Å². The molecular formula is C12H17N3O2S2. The molecular weight excluding hydrogens is 282 g/mol. The third-order valence-electron chi connectivity index (χ3n) is 2.97. The molecule has 5 nitrogen and oxygen atoms in total. The minimum Gasteiger partial charge on any atom is -0.281 e. The average molecular weight is 299 g/mol. The monoisotopic (exact) mass is 299 g/mol. The van der Waals surface area contributed by atoms with Gasteiger partial charge in [0.25, 0.3) is 0 Å². The van der Waals surface area contributed by atoms with Crippen LogP contribution in [-0.4, -0.2) is 25.2 Å². The van der Waals surface area contributed by atoms with E-state index in [1.165, 1.54) is 6.20 Å². The Morgan fingerprint density at radius 2 is 2.21 bits per heavy atom. The number of H-pyrrole nitrogens is 1. The van der Waals surface area contributed by atoms with Gasteiger partial charge in [-0.25, -0.2) is 13.1 Å². The smallest absolute Gasteiger partial charge is 0.243 e. The molecule has 19 heavy (non-hydrogen) atoms. The van der Waals surface area contributed by atoms with Crippen molar-refractivity contribution in [1.82, 2.24) is 14.9 Å². The van der Waals surface area contributed by atoms with E-state index >= 15 is 0 Å². The first-order valence-electron chi connectivity index (χ1n) is 5.86. The number of sulfonamides is 1. The first kappa shape index (κ1) is 14.2. The Morgan fingerprint density at radius 1 is 1.47 bits per heavy atom. The van der Waals surface area contributed by atoms with Gasteiger partial charge in [-0.15, -0.1) is 11.3 Å². The fourth-order valence-corrected chi connectivity index (χ4v) is 3.91. The lowest BCUT2D eigenvalue weighted by Crippen LogP contribution is -2.36. The van der Waals surface area contributed by atoms with Crippen LogP contribution in [0.25, 0.3) is 0 Å². The molecule has 0 saturated heterocycles. The maximum absolute atomic E-state index is 12.2. The molecule has 104 valence electrons. The molecule has 2 heterocycles. The fraction of sp³-hybridized carbons (Fsp3) is 0.417. The van der Waals surface area contributed by atoms with Gasteiger partial charge in [0.2, 0.25) is 10.0 Å². The Morgan fingerprint density at radius 3 is 2.74 bits per heavy atom. The van der Waals surface area contributed by atoms with Crippen LogP contribution in [-0.2, 0) is 15.4 Å². The van der Waals surface area contributed by atoms with Crippen LogP contribution >= 0.6 is 11.3 Å². The Labute approximate surface area is 117 Å². The largest absolute Gasteiger partial charge is 0.281 e. The van der Waals surface area contributed by atoms with Gasteiger partial charge in [0.05, 0.1) is 11.9 Å². The number of nitrogens with zero attached hydrogens (tertiary/aromatic N) is 1. The molecule has 0 fully saturated rings. The fourth-order valence-electron chi connectivity index (χ4n) is 1.71. The normalized spacial score (nSPS) is 12.8. The lowest BCUT2D eigenvalue weighted by atomic mass is 9.92. The predicted molar refractivity (Wildman–Crippen MR) is 75.9 cm³/mol. The number of aromatic amines is 1. The Bertz CT molecular complexity index is 642. The number of hydrogen-bond acceptors (Lipinski definition) is 4. The van der Waals surface area contributed by atoms with Gasteiger partial charge in [0.1, 0.15) is 4.90 Å². The second kappa shape index (κ2) is 5.07. The highest BCUT2D eigenvalue weighted by Crippen LogP contribution is 2.27. The van der Waals surface area contributed by atoms with Crippen molar-refractivity contribution in [3.63, 3.8) is 0 Å². The van der Waals surface area contributed by atoms with E-state index < -0.39 is 10.0 Å². The van der Waals surface area contributed by atoms with Crippen LogP contribution in [0.15, 0.2) is 28.6 Å². The SMILES string of the molecule is Cc1[nH]ncc1S(=O)(=O)NCC(C)(C)c1cccs1. The highest BCUT2D eigenvalue weighted by Gasteiger charge is 2.26. The van der Waals surface area contributed by atoms with Crippen LogP contribution in [0.3, 0.4) is 0 Å². The number of aromatic nitrogens is 2. The van der Waals surface area contributed by atoms with Crippen LogP contribution in [0, 0.1) is 6.92 Å². The van der Waals surface area contributed by atoms with Crippen LogP contribution in [0.1, 0.15) is 24.4 Å². The molecule has 2 N–H and O–H groups in total. The molecule has 0 spiro atoms. The third-order valence-corrected chi connectivity index (χ3v) is 5.72. The molecule has 0 aliphatic heterocycles. The number of hydrogen-bond donors (Lipinski definition) is 2. The number of nitrogens with one attached hydrogen (secondary N) is 2. The molecule has 0 amide bonds. The second-order valence-corrected chi connectivity index (χ2v) is 7.73. The zero-order valence-electron chi connectivity index (χ0n) is 11.1. The van der Waals surface area contributed by atoms with Gasteiger partial charge in [-0.3, -0.25) is 5.10 Å². The van der Waals surface area contributed by atoms with Crippen LogP contribution in [0.4, 0.5) is 0 Å². The highest BCUT2D eigenvalue weighted by atomic mass is 32.2. The standard InChI is InChI=1S/C12H17N3O2S2/c1-9-10(7-13-15-9)19(16,17)14-8-12(2,3)11-5-4-6-18-11/h4-7,14H,8H2,1-3H3,(H,13,15). The van der Waals surface area contributed by atoms with Crippen molar-refractivity contribution in [2.75, 3.05) is 6.54 Å². The van der Waals surface area contributed by atoms with E-state index in [9.17, 15) is 8.42 Å². The summed E-state index contributed by atoms with van der Waals surface area (Å²) < 4.78 is 27.0. The van der Waals surface area contributed by atoms with Crippen LogP contribution in [0.2, 0.25) is 0 Å². The molecule has 0 radical (unpaired) electrons. The molecule has 0 aliphatic carbocycles. The summed E-state index contributed by atoms with van der Waals surface area (Å²) in [6.07, 6.45) is 1.33. The summed E-state index contributed by atoms with van der Waals surface area (Å²) in [6, 6.07) is 3.98. The Kier molecular flexibility index (Phi) is 3.80. The maximum atomic E-state index is 12.2. The molecule has 2 aromatic rings. The molecule has 2 aromatic heterocycles. The lowest BCUT2D eigenvalue weighted by molar-refractivity contribution is 0.509. The van der Waals surface area contributed by atoms with E-state index in [1.54, 1.807) is 18.3 Å². The average Bonchev–Trinajstić information content (AvgIpc) is 2.97. The molecule has 0 aliphatic rings. The van der Waals surface area contributed by atoms with E-state index in [2.05, 4.69) is 14.9 Å². The maximum Gasteiger partial charge on any atom is 0.243 e. The summed E-state index contributed by atoms with van der Waals surface area (Å²) in [7, 11) is -3.51. The predicted octanol–water partition coefficient (Wildman–Crippen LogP) is 2.04. The number of rotatable bonds is 5. The zero-order valence-corrected chi connectivity index (χ0v) is 12.7. The van der Waals surface area contributed by atoms with E-state index in [0.717, 1.165) is 4.88 Å². The number of thiophene rings is 1. The van der Waals surface area contributed by atoms with Crippen molar-refractivity contribution in [1.29, 1.82) is 0 Å². The summed E-state index contributed by atoms with van der Waals surface area (Å²) in [5.41, 5.74) is 0.306. The minimum absolute atomic E-state index is 0.203. The first-order valence-corrected chi connectivity index (χ1v) is 8.23. The quantitative estimate of drug-likeness (QED) is 0.887. The topological polar surface area (TPSA) is 74.8 Å². The van der Waals surface area contributed by atoms with Gasteiger partial charge < -0.3 is 0 Å². The Hall–Kier alpha value is -1.18. The van der Waals surface area contributed by atoms with Crippen LogP contribution < -0.4 is 4.72 Å². The van der Waals surface area contributed by atoms with Crippen molar-refractivity contribution in [2.24, 2.45) is 0 Å². The van der Waals surface area contributed by atoms with Crippen molar-refractivity contribution < 1.29 is 8.42 Å². The van der Waals surface area contributed by atoms with Gasteiger partial charge >= 0.3 is 0 Å². The van der Waals surface area contributed by atoms with Crippen LogP contribution in [0.5, 0.6) is 0 Å². The van der Waals surface area contributed by atoms with E-state index in [1.807, 2.05) is 31.4 Å². The summed E-state index contributed by atoms with van der Waals surface area (Å²) in [5.74, 6) is 0. The molecule has 2 rings (SSSR count). The molecule has 0 atom stereocenters. The van der Waals surface area contributed by atoms with Gasteiger partial charge in [-0.1, -0.05) is 19.9 Å². The minimum atomic E-state index is -3.51. The van der Waals surface area contributed by atoms with Gasteiger partial charge in [-0.2, -0.15) is 5.10 Å². The van der Waals surface area contributed by atoms with Gasteiger partial charge in [0.15, 0.2) is 0 Å². The van der Waals surface area contributed by atoms with E-state index in [-0.39, 0.29) is 10.3 Å². The third kappa shape index (κ3) is 3.05. The summed E-state index contributed by atoms with van der Waals surface area (Å²) in [4.78, 5) is 1.36. The molecule has 7 heteroatoms. The lowest BCUT2D eigenvalue weighted by Gasteiger charge is -2.23. The van der Waals surface area contributed by atoms with Crippen molar-refractivity contribution in [3.8, 4) is 0 Å². The van der Waals surface area contributed by atoms with Crippen molar-refractivity contribution >= 4 is 21.4 Å². The van der Waals surface area contributed by atoms with Crippen molar-refractivity contribution in [2.45, 2.75) is 31.1 Å². The van der Waals surface area contributed by atoms with Gasteiger partial charge in [-0.05, 0) is 18.4 Å². The summed E-state index contributed by atoms with van der Waals surface area (Å²) in [6.45, 7) is 6.07. The Balaban J connectivity index is 2.13. The molecule has 0 saturated carbocycles. The van der Waals surface area contributed by atoms with E-state index in [0.29, 0.717) is 12.2 Å². The molecule has 0 aromatic carbocycles. The molecule has 0 bridgehead atoms. The summed E-state index contributed by atoms with van der Waals surface area (Å²) in [5, 5.41) is 8.36. The highest BCUT2D eigenvalue weighted by molar-refractivity contribution is 7.89. The number of aryl methyl sites for hydroxylation is 1.